The van der Waals surface area contributed by atoms with Gasteiger partial charge in [-0.1, -0.05) is 0 Å². The average Bonchev–Trinajstić information content (AvgIpc) is 3.59. The summed E-state index contributed by atoms with van der Waals surface area (Å²) in [7, 11) is -3.69. The van der Waals surface area contributed by atoms with Crippen LogP contribution in [-0.4, -0.2) is 68.6 Å². The lowest BCUT2D eigenvalue weighted by atomic mass is 10.0. The maximum atomic E-state index is 13.2. The van der Waals surface area contributed by atoms with E-state index in [0.29, 0.717) is 76.5 Å². The van der Waals surface area contributed by atoms with Gasteiger partial charge in [0.2, 0.25) is 15.9 Å². The van der Waals surface area contributed by atoms with E-state index < -0.39 is 15.7 Å². The number of carbonyl (C=O) groups excluding carboxylic acids is 1. The van der Waals surface area contributed by atoms with Crippen LogP contribution in [0.2, 0.25) is 0 Å². The van der Waals surface area contributed by atoms with E-state index in [1.165, 1.54) is 16.4 Å². The van der Waals surface area contributed by atoms with Crippen LogP contribution in [0.5, 0.6) is 11.5 Å². The highest BCUT2D eigenvalue weighted by Gasteiger charge is 2.40. The zero-order valence-electron chi connectivity index (χ0n) is 17.3. The van der Waals surface area contributed by atoms with Crippen molar-refractivity contribution in [1.82, 2.24) is 9.21 Å². The summed E-state index contributed by atoms with van der Waals surface area (Å²) in [5, 5.41) is 8.14. The van der Waals surface area contributed by atoms with Crippen LogP contribution in [0.1, 0.15) is 32.1 Å². The van der Waals surface area contributed by atoms with E-state index in [4.69, 9.17) is 15.9 Å². The van der Waals surface area contributed by atoms with Crippen LogP contribution >= 0.6 is 0 Å². The average molecular weight is 447 g/mol. The number of ether oxygens (including phenoxy) is 2. The third-order valence-corrected chi connectivity index (χ3v) is 7.65. The minimum Gasteiger partial charge on any atom is -0.486 e. The number of sulfonamides is 1. The molecule has 0 N–H and O–H groups in total. The molecule has 0 aliphatic carbocycles. The largest absolute Gasteiger partial charge is 0.486 e. The van der Waals surface area contributed by atoms with E-state index in [-0.39, 0.29) is 17.3 Å². The lowest BCUT2D eigenvalue weighted by Gasteiger charge is -2.23. The van der Waals surface area contributed by atoms with Crippen molar-refractivity contribution in [1.29, 1.82) is 0 Å². The number of nitrogens with zero attached hydrogens (tertiary/aromatic N) is 4. The standard InChI is InChI=1S/C21H26N4O5S/c1-2-3-8-21(22-23-21)9-7-20(26)24-10-4-11-25(13-12-24)31(27,28)17-5-6-18-19(16-17)30-15-14-29-18/h1,5-6,16H,3-4,7-15H2. The van der Waals surface area contributed by atoms with Gasteiger partial charge >= 0.3 is 0 Å². The van der Waals surface area contributed by atoms with Gasteiger partial charge in [0.1, 0.15) is 13.2 Å². The van der Waals surface area contributed by atoms with Crippen molar-refractivity contribution in [3.63, 3.8) is 0 Å². The van der Waals surface area contributed by atoms with Gasteiger partial charge in [-0.3, -0.25) is 4.79 Å². The molecule has 3 aliphatic heterocycles. The fourth-order valence-electron chi connectivity index (χ4n) is 3.85. The molecule has 1 amide bonds. The summed E-state index contributed by atoms with van der Waals surface area (Å²) in [6, 6.07) is 4.67. The minimum absolute atomic E-state index is 0.00374. The first kappa shape index (κ1) is 21.6. The minimum atomic E-state index is -3.69. The van der Waals surface area contributed by atoms with E-state index >= 15 is 0 Å². The summed E-state index contributed by atoms with van der Waals surface area (Å²) >= 11 is 0. The van der Waals surface area contributed by atoms with Gasteiger partial charge in [-0.2, -0.15) is 14.5 Å². The Bertz CT molecular complexity index is 1010. The Morgan fingerprint density at radius 1 is 1.10 bits per heavy atom. The van der Waals surface area contributed by atoms with E-state index in [9.17, 15) is 13.2 Å². The molecule has 0 spiro atoms. The third-order valence-electron chi connectivity index (χ3n) is 5.75. The predicted octanol–water partition coefficient (Wildman–Crippen LogP) is 2.04. The van der Waals surface area contributed by atoms with Crippen LogP contribution in [0.3, 0.4) is 0 Å². The second-order valence-electron chi connectivity index (χ2n) is 7.83. The molecule has 31 heavy (non-hydrogen) atoms. The number of carbonyl (C=O) groups is 1. The highest BCUT2D eigenvalue weighted by molar-refractivity contribution is 7.89. The number of benzene rings is 1. The Hall–Kier alpha value is -2.64. The maximum absolute atomic E-state index is 13.2. The van der Waals surface area contributed by atoms with Crippen molar-refractivity contribution in [2.45, 2.75) is 42.7 Å². The van der Waals surface area contributed by atoms with Gasteiger partial charge < -0.3 is 14.4 Å². The van der Waals surface area contributed by atoms with Gasteiger partial charge in [0.05, 0.1) is 4.90 Å². The highest BCUT2D eigenvalue weighted by atomic mass is 32.2. The number of fused-ring (bicyclic) bond motifs is 1. The number of amides is 1. The molecule has 1 saturated heterocycles. The molecule has 9 nitrogen and oxygen atoms in total. The topological polar surface area (TPSA) is 101 Å². The molecule has 0 atom stereocenters. The van der Waals surface area contributed by atoms with Crippen molar-refractivity contribution in [2.24, 2.45) is 10.2 Å². The van der Waals surface area contributed by atoms with Crippen molar-refractivity contribution in [2.75, 3.05) is 39.4 Å². The van der Waals surface area contributed by atoms with Crippen molar-refractivity contribution in [3.8, 4) is 23.8 Å². The van der Waals surface area contributed by atoms with Crippen LogP contribution in [0.15, 0.2) is 33.3 Å². The fourth-order valence-corrected chi connectivity index (χ4v) is 5.34. The second-order valence-corrected chi connectivity index (χ2v) is 9.77. The third kappa shape index (κ3) is 4.83. The van der Waals surface area contributed by atoms with E-state index in [1.807, 2.05) is 0 Å². The number of hydrogen-bond acceptors (Lipinski definition) is 7. The van der Waals surface area contributed by atoms with E-state index in [2.05, 4.69) is 16.1 Å². The van der Waals surface area contributed by atoms with Gasteiger partial charge in [0.25, 0.3) is 0 Å². The van der Waals surface area contributed by atoms with Gasteiger partial charge in [0, 0.05) is 57.9 Å². The lowest BCUT2D eigenvalue weighted by Crippen LogP contribution is -2.37. The van der Waals surface area contributed by atoms with Crippen LogP contribution in [0.4, 0.5) is 0 Å². The van der Waals surface area contributed by atoms with E-state index in [0.717, 1.165) is 0 Å². The number of terminal acetylenes is 1. The normalized spacial score (nSPS) is 20.0. The van der Waals surface area contributed by atoms with Crippen molar-refractivity contribution < 1.29 is 22.7 Å². The monoisotopic (exact) mass is 446 g/mol. The Labute approximate surface area is 182 Å². The smallest absolute Gasteiger partial charge is 0.243 e. The fraction of sp³-hybridized carbons (Fsp3) is 0.571. The Morgan fingerprint density at radius 3 is 2.61 bits per heavy atom. The molecule has 1 fully saturated rings. The first-order valence-electron chi connectivity index (χ1n) is 10.5. The van der Waals surface area contributed by atoms with Crippen LogP contribution < -0.4 is 9.47 Å². The quantitative estimate of drug-likeness (QED) is 0.597. The molecule has 0 saturated carbocycles. The summed E-state index contributed by atoms with van der Waals surface area (Å²) in [4.78, 5) is 14.6. The molecule has 1 aromatic rings. The van der Waals surface area contributed by atoms with Gasteiger partial charge in [-0.25, -0.2) is 8.42 Å². The summed E-state index contributed by atoms with van der Waals surface area (Å²) < 4.78 is 38.7. The predicted molar refractivity (Wildman–Crippen MR) is 112 cm³/mol. The molecule has 10 heteroatoms. The molecule has 0 aromatic heterocycles. The lowest BCUT2D eigenvalue weighted by molar-refractivity contribution is -0.131. The second kappa shape index (κ2) is 8.85. The maximum Gasteiger partial charge on any atom is 0.243 e. The molecule has 0 unspecified atom stereocenters. The molecule has 0 bridgehead atoms. The summed E-state index contributed by atoms with van der Waals surface area (Å²) in [5.41, 5.74) is -0.485. The molecule has 3 aliphatic rings. The molecule has 1 aromatic carbocycles. The van der Waals surface area contributed by atoms with Crippen LogP contribution in [-0.2, 0) is 14.8 Å². The summed E-state index contributed by atoms with van der Waals surface area (Å²) in [6.07, 6.45) is 7.99. The number of rotatable bonds is 7. The molecular formula is C21H26N4O5S. The Morgan fingerprint density at radius 2 is 1.87 bits per heavy atom. The van der Waals surface area contributed by atoms with Crippen molar-refractivity contribution >= 4 is 15.9 Å². The Balaban J connectivity index is 1.35. The first-order chi connectivity index (χ1) is 14.9. The first-order valence-corrected chi connectivity index (χ1v) is 11.9. The Kier molecular flexibility index (Phi) is 6.16. The molecule has 0 radical (unpaired) electrons. The van der Waals surface area contributed by atoms with Gasteiger partial charge in [-0.15, -0.1) is 12.3 Å². The van der Waals surface area contributed by atoms with Crippen LogP contribution in [0, 0.1) is 12.3 Å². The summed E-state index contributed by atoms with van der Waals surface area (Å²) in [5.74, 6) is 3.56. The molecule has 3 heterocycles. The zero-order chi connectivity index (χ0) is 21.9. The van der Waals surface area contributed by atoms with Crippen LogP contribution in [0.25, 0.3) is 0 Å². The summed E-state index contributed by atoms with van der Waals surface area (Å²) in [6.45, 7) is 2.33. The molecule has 4 rings (SSSR count). The van der Waals surface area contributed by atoms with Gasteiger partial charge in [0.15, 0.2) is 17.2 Å². The van der Waals surface area contributed by atoms with Gasteiger partial charge in [-0.05, 0) is 18.6 Å². The number of hydrogen-bond donors (Lipinski definition) is 0. The van der Waals surface area contributed by atoms with Crippen molar-refractivity contribution in [3.05, 3.63) is 18.2 Å². The molecule has 166 valence electrons. The molecular weight excluding hydrogens is 420 g/mol. The highest BCUT2D eigenvalue weighted by Crippen LogP contribution is 2.38. The SMILES string of the molecule is C#CCCC1(CCC(=O)N2CCCN(S(=O)(=O)c3ccc4c(c3)OCCO4)CC2)N=N1. The van der Waals surface area contributed by atoms with E-state index in [1.54, 1.807) is 11.0 Å². The zero-order valence-corrected chi connectivity index (χ0v) is 18.1.